The van der Waals surface area contributed by atoms with Gasteiger partial charge >= 0.3 is 11.4 Å². The van der Waals surface area contributed by atoms with Gasteiger partial charge < -0.3 is 10.2 Å². The molecule has 0 radical (unpaired) electrons. The third kappa shape index (κ3) is 2.01. The summed E-state index contributed by atoms with van der Waals surface area (Å²) in [5.41, 5.74) is 4.54. The predicted octanol–water partition coefficient (Wildman–Crippen LogP) is -0.902. The van der Waals surface area contributed by atoms with E-state index in [1.807, 2.05) is 0 Å². The van der Waals surface area contributed by atoms with Crippen LogP contribution in [0.25, 0.3) is 16.6 Å². The molecule has 3 aromatic rings. The number of benzene rings is 1. The fraction of sp³-hybridized carbons (Fsp3) is 0. The fourth-order valence-corrected chi connectivity index (χ4v) is 2.77. The number of nitrogen functional groups attached to an aromatic ring is 1. The molecule has 0 unspecified atom stereocenters. The van der Waals surface area contributed by atoms with Gasteiger partial charge in [-0.15, -0.1) is 0 Å². The molecule has 1 aromatic carbocycles. The Morgan fingerprint density at radius 3 is 2.52 bits per heavy atom. The Kier molecular flexibility index (Phi) is 2.79. The molecule has 3 heterocycles. The molecule has 0 saturated heterocycles. The topological polar surface area (TPSA) is 157 Å². The summed E-state index contributed by atoms with van der Waals surface area (Å²) in [4.78, 5) is 61.2. The molecule has 2 amide bonds. The van der Waals surface area contributed by atoms with Crippen molar-refractivity contribution in [3.05, 3.63) is 66.7 Å². The Bertz CT molecular complexity index is 1280. The van der Waals surface area contributed by atoms with Crippen LogP contribution in [-0.4, -0.2) is 21.4 Å². The van der Waals surface area contributed by atoms with Crippen LogP contribution in [0.4, 0.5) is 5.82 Å². The van der Waals surface area contributed by atoms with E-state index < -0.39 is 28.8 Å². The molecule has 0 bridgehead atoms. The maximum absolute atomic E-state index is 12.4. The minimum atomic E-state index is -0.908. The molecule has 10 nitrogen and oxygen atoms in total. The number of H-pyrrole nitrogens is 1. The molecule has 2 aromatic heterocycles. The van der Waals surface area contributed by atoms with Crippen LogP contribution in [0.2, 0.25) is 0 Å². The average molecular weight is 340 g/mol. The second kappa shape index (κ2) is 4.77. The summed E-state index contributed by atoms with van der Waals surface area (Å²) in [6, 6.07) is 5.10. The molecule has 4 rings (SSSR count). The molecule has 0 fully saturated rings. The number of nitrogens with one attached hydrogen (secondary N) is 2. The number of amides is 2. The number of carbonyl (C=O) groups is 2. The van der Waals surface area contributed by atoms with E-state index in [0.717, 1.165) is 10.6 Å². The van der Waals surface area contributed by atoms with Crippen LogP contribution in [0, 0.1) is 0 Å². The van der Waals surface area contributed by atoms with Crippen LogP contribution in [-0.2, 0) is 0 Å². The van der Waals surface area contributed by atoms with Crippen LogP contribution >= 0.6 is 0 Å². The number of hydrogen-bond donors (Lipinski definition) is 3. The number of aromatic nitrogens is 2. The highest BCUT2D eigenvalue weighted by Crippen LogP contribution is 2.23. The smallest absolute Gasteiger partial charge is 0.384 e. The van der Waals surface area contributed by atoms with Gasteiger partial charge in [0, 0.05) is 6.07 Å². The van der Waals surface area contributed by atoms with Gasteiger partial charge in [-0.1, -0.05) is 0 Å². The fourth-order valence-electron chi connectivity index (χ4n) is 2.77. The summed E-state index contributed by atoms with van der Waals surface area (Å²) < 4.78 is 5.44. The van der Waals surface area contributed by atoms with Crippen LogP contribution in [0.15, 0.2) is 43.1 Å². The van der Waals surface area contributed by atoms with Crippen LogP contribution in [0.1, 0.15) is 20.7 Å². The largest absolute Gasteiger partial charge is 0.419 e. The Balaban J connectivity index is 2.05. The lowest BCUT2D eigenvalue weighted by Gasteiger charge is -2.12. The Hall–Kier alpha value is -3.95. The van der Waals surface area contributed by atoms with Crippen molar-refractivity contribution in [3.8, 4) is 5.69 Å². The van der Waals surface area contributed by atoms with E-state index in [1.54, 1.807) is 0 Å². The van der Waals surface area contributed by atoms with E-state index in [2.05, 4.69) is 14.7 Å². The lowest BCUT2D eigenvalue weighted by Crippen LogP contribution is -2.24. The molecule has 0 saturated carbocycles. The summed E-state index contributed by atoms with van der Waals surface area (Å²) in [5, 5.41) is 2.08. The molecule has 1 aliphatic heterocycles. The van der Waals surface area contributed by atoms with Gasteiger partial charge in [-0.25, -0.2) is 9.59 Å². The SMILES string of the molecule is Nc1c2c(cc(=O)n1-c1ccc3[nH]c(=O)oc(=O)c3c1)C(=O)NC2=O. The lowest BCUT2D eigenvalue weighted by atomic mass is 10.1. The maximum Gasteiger partial charge on any atom is 0.419 e. The first-order chi connectivity index (χ1) is 11.9. The van der Waals surface area contributed by atoms with Gasteiger partial charge in [0.25, 0.3) is 17.4 Å². The van der Waals surface area contributed by atoms with Gasteiger partial charge in [0.1, 0.15) is 5.82 Å². The highest BCUT2D eigenvalue weighted by molar-refractivity contribution is 6.23. The van der Waals surface area contributed by atoms with Crippen molar-refractivity contribution < 1.29 is 14.0 Å². The minimum absolute atomic E-state index is 0.0180. The number of nitrogens with two attached hydrogens (primary N) is 1. The Labute approximate surface area is 136 Å². The number of imide groups is 1. The number of fused-ring (bicyclic) bond motifs is 2. The third-order valence-corrected chi connectivity index (χ3v) is 3.86. The van der Waals surface area contributed by atoms with Gasteiger partial charge in [0.2, 0.25) is 0 Å². The second-order valence-corrected chi connectivity index (χ2v) is 5.31. The Morgan fingerprint density at radius 1 is 1.00 bits per heavy atom. The van der Waals surface area contributed by atoms with E-state index in [9.17, 15) is 24.0 Å². The number of pyridine rings is 1. The summed E-state index contributed by atoms with van der Waals surface area (Å²) in [7, 11) is 0. The van der Waals surface area contributed by atoms with Gasteiger partial charge in [0.05, 0.1) is 27.7 Å². The third-order valence-electron chi connectivity index (χ3n) is 3.86. The number of aromatic amines is 1. The molecule has 0 aliphatic carbocycles. The molecule has 0 atom stereocenters. The van der Waals surface area contributed by atoms with Crippen molar-refractivity contribution in [2.75, 3.05) is 5.73 Å². The van der Waals surface area contributed by atoms with Crippen LogP contribution < -0.4 is 28.0 Å². The standard InChI is InChI=1S/C15H8N4O6/c16-11-10-7(12(21)18-13(10)22)4-9(20)19(11)5-1-2-8-6(3-5)14(23)25-15(24)17-8/h1-4H,16H2,(H,17,24)(H,18,21,22). The molecular weight excluding hydrogens is 332 g/mol. The zero-order chi connectivity index (χ0) is 17.9. The van der Waals surface area contributed by atoms with Gasteiger partial charge in [-0.05, 0) is 18.2 Å². The minimum Gasteiger partial charge on any atom is -0.384 e. The van der Waals surface area contributed by atoms with E-state index >= 15 is 0 Å². The van der Waals surface area contributed by atoms with Crippen molar-refractivity contribution >= 4 is 28.5 Å². The first-order valence-corrected chi connectivity index (χ1v) is 6.95. The number of nitrogens with zero attached hydrogens (tertiary/aromatic N) is 1. The van der Waals surface area contributed by atoms with Crippen LogP contribution in [0.3, 0.4) is 0 Å². The van der Waals surface area contributed by atoms with Crippen molar-refractivity contribution in [1.29, 1.82) is 0 Å². The molecule has 0 spiro atoms. The summed E-state index contributed by atoms with van der Waals surface area (Å²) >= 11 is 0. The average Bonchev–Trinajstić information content (AvgIpc) is 2.82. The summed E-state index contributed by atoms with van der Waals surface area (Å²) in [6.07, 6.45) is 0. The van der Waals surface area contributed by atoms with Crippen molar-refractivity contribution in [1.82, 2.24) is 14.9 Å². The summed E-state index contributed by atoms with van der Waals surface area (Å²) in [5.74, 6) is -2.56. The van der Waals surface area contributed by atoms with Crippen molar-refractivity contribution in [2.24, 2.45) is 0 Å². The quantitative estimate of drug-likeness (QED) is 0.484. The van der Waals surface area contributed by atoms with Crippen molar-refractivity contribution in [3.63, 3.8) is 0 Å². The van der Waals surface area contributed by atoms with E-state index in [1.165, 1.54) is 18.2 Å². The second-order valence-electron chi connectivity index (χ2n) is 5.31. The Morgan fingerprint density at radius 2 is 1.76 bits per heavy atom. The molecule has 4 N–H and O–H groups in total. The predicted molar refractivity (Wildman–Crippen MR) is 84.9 cm³/mol. The molecular formula is C15H8N4O6. The van der Waals surface area contributed by atoms with Crippen molar-refractivity contribution in [2.45, 2.75) is 0 Å². The monoisotopic (exact) mass is 340 g/mol. The van der Waals surface area contributed by atoms with Gasteiger partial charge in [-0.3, -0.25) is 29.3 Å². The normalized spacial score (nSPS) is 13.1. The number of rotatable bonds is 1. The van der Waals surface area contributed by atoms with Gasteiger partial charge in [-0.2, -0.15) is 0 Å². The number of carbonyl (C=O) groups excluding carboxylic acids is 2. The summed E-state index contributed by atoms with van der Waals surface area (Å²) in [6.45, 7) is 0. The van der Waals surface area contributed by atoms with Crippen LogP contribution in [0.5, 0.6) is 0 Å². The first kappa shape index (κ1) is 14.6. The molecule has 124 valence electrons. The van der Waals surface area contributed by atoms with E-state index in [0.29, 0.717) is 0 Å². The highest BCUT2D eigenvalue weighted by Gasteiger charge is 2.31. The van der Waals surface area contributed by atoms with E-state index in [4.69, 9.17) is 5.73 Å². The van der Waals surface area contributed by atoms with E-state index in [-0.39, 0.29) is 33.5 Å². The highest BCUT2D eigenvalue weighted by atomic mass is 16.4. The molecule has 25 heavy (non-hydrogen) atoms. The first-order valence-electron chi connectivity index (χ1n) is 6.95. The molecule has 10 heteroatoms. The maximum atomic E-state index is 12.4. The zero-order valence-corrected chi connectivity index (χ0v) is 12.3. The lowest BCUT2D eigenvalue weighted by molar-refractivity contribution is 0.0880. The number of hydrogen-bond acceptors (Lipinski definition) is 7. The van der Waals surface area contributed by atoms with Gasteiger partial charge in [0.15, 0.2) is 0 Å². The number of anilines is 1. The zero-order valence-electron chi connectivity index (χ0n) is 12.3. The molecule has 1 aliphatic rings.